The van der Waals surface area contributed by atoms with Crippen LogP contribution in [0.25, 0.3) is 0 Å². The normalized spacial score (nSPS) is 24.4. The minimum absolute atomic E-state index is 0.104. The first-order valence-corrected chi connectivity index (χ1v) is 7.16. The SMILES string of the molecule is NC1CCC(CNC(=O)c2cccc3c2OCCO3)C1. The monoisotopic (exact) mass is 276 g/mol. The van der Waals surface area contributed by atoms with E-state index in [1.165, 1.54) is 0 Å². The van der Waals surface area contributed by atoms with Crippen molar-refractivity contribution in [3.63, 3.8) is 0 Å². The molecule has 108 valence electrons. The van der Waals surface area contributed by atoms with E-state index in [-0.39, 0.29) is 11.9 Å². The molecule has 2 atom stereocenters. The van der Waals surface area contributed by atoms with Crippen molar-refractivity contribution in [3.8, 4) is 11.5 Å². The van der Waals surface area contributed by atoms with Crippen molar-refractivity contribution >= 4 is 5.91 Å². The van der Waals surface area contributed by atoms with Gasteiger partial charge in [-0.05, 0) is 37.3 Å². The largest absolute Gasteiger partial charge is 0.486 e. The molecule has 20 heavy (non-hydrogen) atoms. The molecule has 3 rings (SSSR count). The van der Waals surface area contributed by atoms with Crippen molar-refractivity contribution in [1.82, 2.24) is 5.32 Å². The molecule has 3 N–H and O–H groups in total. The lowest BCUT2D eigenvalue weighted by atomic mass is 10.1. The zero-order valence-corrected chi connectivity index (χ0v) is 11.4. The highest BCUT2D eigenvalue weighted by atomic mass is 16.6. The number of ether oxygens (including phenoxy) is 2. The highest BCUT2D eigenvalue weighted by molar-refractivity contribution is 5.97. The lowest BCUT2D eigenvalue weighted by molar-refractivity contribution is 0.0936. The van der Waals surface area contributed by atoms with Gasteiger partial charge in [0.25, 0.3) is 5.91 Å². The zero-order chi connectivity index (χ0) is 13.9. The molecule has 1 aromatic rings. The van der Waals surface area contributed by atoms with Crippen LogP contribution in [0, 0.1) is 5.92 Å². The molecule has 1 fully saturated rings. The quantitative estimate of drug-likeness (QED) is 0.873. The average Bonchev–Trinajstić information content (AvgIpc) is 2.90. The van der Waals surface area contributed by atoms with E-state index >= 15 is 0 Å². The second-order valence-electron chi connectivity index (χ2n) is 5.48. The number of hydrogen-bond donors (Lipinski definition) is 2. The fraction of sp³-hybridized carbons (Fsp3) is 0.533. The van der Waals surface area contributed by atoms with E-state index in [4.69, 9.17) is 15.2 Å². The summed E-state index contributed by atoms with van der Waals surface area (Å²) < 4.78 is 11.0. The minimum Gasteiger partial charge on any atom is -0.486 e. The summed E-state index contributed by atoms with van der Waals surface area (Å²) in [5.41, 5.74) is 6.43. The lowest BCUT2D eigenvalue weighted by Crippen LogP contribution is -2.30. The summed E-state index contributed by atoms with van der Waals surface area (Å²) in [5, 5.41) is 2.98. The molecule has 0 radical (unpaired) electrons. The van der Waals surface area contributed by atoms with E-state index in [1.54, 1.807) is 6.07 Å². The van der Waals surface area contributed by atoms with Crippen molar-refractivity contribution in [2.45, 2.75) is 25.3 Å². The summed E-state index contributed by atoms with van der Waals surface area (Å²) in [6.45, 7) is 1.68. The van der Waals surface area contributed by atoms with Gasteiger partial charge in [0.15, 0.2) is 11.5 Å². The van der Waals surface area contributed by atoms with Crippen LogP contribution < -0.4 is 20.5 Å². The summed E-state index contributed by atoms with van der Waals surface area (Å²) in [6, 6.07) is 5.69. The Kier molecular flexibility index (Phi) is 3.78. The van der Waals surface area contributed by atoms with Gasteiger partial charge in [0, 0.05) is 12.6 Å². The van der Waals surface area contributed by atoms with Crippen molar-refractivity contribution < 1.29 is 14.3 Å². The van der Waals surface area contributed by atoms with Crippen LogP contribution in [-0.2, 0) is 0 Å². The number of hydrogen-bond acceptors (Lipinski definition) is 4. The Morgan fingerprint density at radius 3 is 2.95 bits per heavy atom. The molecule has 5 nitrogen and oxygen atoms in total. The van der Waals surface area contributed by atoms with Crippen LogP contribution in [-0.4, -0.2) is 31.7 Å². The topological polar surface area (TPSA) is 73.6 Å². The third kappa shape index (κ3) is 2.72. The standard InChI is InChI=1S/C15H20N2O3/c16-11-5-4-10(8-11)9-17-15(18)12-2-1-3-13-14(12)20-7-6-19-13/h1-3,10-11H,4-9,16H2,(H,17,18). The van der Waals surface area contributed by atoms with Crippen LogP contribution in [0.3, 0.4) is 0 Å². The van der Waals surface area contributed by atoms with E-state index in [0.29, 0.717) is 42.7 Å². The molecular weight excluding hydrogens is 256 g/mol. The van der Waals surface area contributed by atoms with Crippen LogP contribution in [0.2, 0.25) is 0 Å². The summed E-state index contributed by atoms with van der Waals surface area (Å²) in [7, 11) is 0. The Balaban J connectivity index is 1.65. The van der Waals surface area contributed by atoms with Gasteiger partial charge in [-0.2, -0.15) is 0 Å². The van der Waals surface area contributed by atoms with Crippen molar-refractivity contribution in [2.75, 3.05) is 19.8 Å². The van der Waals surface area contributed by atoms with E-state index < -0.39 is 0 Å². The first-order chi connectivity index (χ1) is 9.74. The first-order valence-electron chi connectivity index (χ1n) is 7.16. The number of benzene rings is 1. The van der Waals surface area contributed by atoms with Crippen LogP contribution in [0.15, 0.2) is 18.2 Å². The van der Waals surface area contributed by atoms with Gasteiger partial charge in [0.05, 0.1) is 5.56 Å². The molecule has 2 aliphatic rings. The predicted octanol–water partition coefficient (Wildman–Crippen LogP) is 1.31. The van der Waals surface area contributed by atoms with Gasteiger partial charge in [-0.1, -0.05) is 6.07 Å². The van der Waals surface area contributed by atoms with Gasteiger partial charge < -0.3 is 20.5 Å². The van der Waals surface area contributed by atoms with Crippen LogP contribution in [0.4, 0.5) is 0 Å². The summed E-state index contributed by atoms with van der Waals surface area (Å²) in [4.78, 5) is 12.3. The maximum atomic E-state index is 12.3. The molecule has 1 aromatic carbocycles. The van der Waals surface area contributed by atoms with Crippen LogP contribution in [0.1, 0.15) is 29.6 Å². The summed E-state index contributed by atoms with van der Waals surface area (Å²) in [5.74, 6) is 1.59. The fourth-order valence-corrected chi connectivity index (χ4v) is 2.88. The second kappa shape index (κ2) is 5.71. The number of amides is 1. The molecular formula is C15H20N2O3. The minimum atomic E-state index is -0.104. The Morgan fingerprint density at radius 1 is 1.30 bits per heavy atom. The molecule has 1 aliphatic carbocycles. The smallest absolute Gasteiger partial charge is 0.255 e. The van der Waals surface area contributed by atoms with E-state index in [2.05, 4.69) is 5.32 Å². The Bertz CT molecular complexity index is 504. The molecule has 2 unspecified atom stereocenters. The Hall–Kier alpha value is -1.75. The van der Waals surface area contributed by atoms with Gasteiger partial charge in [0.1, 0.15) is 13.2 Å². The maximum Gasteiger partial charge on any atom is 0.255 e. The number of fused-ring (bicyclic) bond motifs is 1. The number of rotatable bonds is 3. The molecule has 0 aromatic heterocycles. The van der Waals surface area contributed by atoms with E-state index in [1.807, 2.05) is 12.1 Å². The molecule has 5 heteroatoms. The highest BCUT2D eigenvalue weighted by Crippen LogP contribution is 2.33. The molecule has 0 spiro atoms. The molecule has 1 heterocycles. The van der Waals surface area contributed by atoms with E-state index in [0.717, 1.165) is 19.3 Å². The van der Waals surface area contributed by atoms with Crippen molar-refractivity contribution in [1.29, 1.82) is 0 Å². The van der Waals surface area contributed by atoms with Gasteiger partial charge in [-0.15, -0.1) is 0 Å². The second-order valence-corrected chi connectivity index (χ2v) is 5.48. The van der Waals surface area contributed by atoms with E-state index in [9.17, 15) is 4.79 Å². The van der Waals surface area contributed by atoms with Crippen LogP contribution in [0.5, 0.6) is 11.5 Å². The number of nitrogens with one attached hydrogen (secondary N) is 1. The van der Waals surface area contributed by atoms with Crippen molar-refractivity contribution in [3.05, 3.63) is 23.8 Å². The number of carbonyl (C=O) groups is 1. The molecule has 1 amide bonds. The number of nitrogens with two attached hydrogens (primary N) is 1. The molecule has 1 aliphatic heterocycles. The fourth-order valence-electron chi connectivity index (χ4n) is 2.88. The Morgan fingerprint density at radius 2 is 2.15 bits per heavy atom. The van der Waals surface area contributed by atoms with Gasteiger partial charge in [-0.25, -0.2) is 0 Å². The first kappa shape index (κ1) is 13.2. The molecule has 0 saturated heterocycles. The van der Waals surface area contributed by atoms with Crippen LogP contribution >= 0.6 is 0 Å². The maximum absolute atomic E-state index is 12.3. The van der Waals surface area contributed by atoms with Gasteiger partial charge in [-0.3, -0.25) is 4.79 Å². The number of carbonyl (C=O) groups excluding carboxylic acids is 1. The third-order valence-corrected chi connectivity index (χ3v) is 3.94. The third-order valence-electron chi connectivity index (χ3n) is 3.94. The average molecular weight is 276 g/mol. The molecule has 1 saturated carbocycles. The summed E-state index contributed by atoms with van der Waals surface area (Å²) in [6.07, 6.45) is 3.14. The number of para-hydroxylation sites is 1. The van der Waals surface area contributed by atoms with Gasteiger partial charge >= 0.3 is 0 Å². The predicted molar refractivity (Wildman–Crippen MR) is 75.1 cm³/mol. The lowest BCUT2D eigenvalue weighted by Gasteiger charge is -2.21. The Labute approximate surface area is 118 Å². The zero-order valence-electron chi connectivity index (χ0n) is 11.4. The van der Waals surface area contributed by atoms with Crippen molar-refractivity contribution in [2.24, 2.45) is 11.7 Å². The highest BCUT2D eigenvalue weighted by Gasteiger charge is 2.24. The van der Waals surface area contributed by atoms with Gasteiger partial charge in [0.2, 0.25) is 0 Å². The molecule has 0 bridgehead atoms. The summed E-state index contributed by atoms with van der Waals surface area (Å²) >= 11 is 0.